The van der Waals surface area contributed by atoms with Gasteiger partial charge in [0.1, 0.15) is 0 Å². The van der Waals surface area contributed by atoms with Gasteiger partial charge in [-0.25, -0.2) is 0 Å². The smallest absolute Gasteiger partial charge is 0.0590 e. The SMILES string of the molecule is CCCCOCCNCCCc1ccccc1. The van der Waals surface area contributed by atoms with Crippen LogP contribution in [-0.4, -0.2) is 26.3 Å². The van der Waals surface area contributed by atoms with Gasteiger partial charge in [0.05, 0.1) is 6.61 Å². The van der Waals surface area contributed by atoms with Gasteiger partial charge in [0.2, 0.25) is 0 Å². The van der Waals surface area contributed by atoms with E-state index in [1.807, 2.05) is 0 Å². The quantitative estimate of drug-likeness (QED) is 0.629. The summed E-state index contributed by atoms with van der Waals surface area (Å²) in [5.41, 5.74) is 1.42. The Morgan fingerprint density at radius 2 is 1.82 bits per heavy atom. The minimum Gasteiger partial charge on any atom is -0.380 e. The zero-order valence-corrected chi connectivity index (χ0v) is 11.0. The van der Waals surface area contributed by atoms with Crippen LogP contribution in [-0.2, 0) is 11.2 Å². The second-order valence-electron chi connectivity index (χ2n) is 4.31. The van der Waals surface area contributed by atoms with Gasteiger partial charge < -0.3 is 10.1 Å². The molecule has 1 aromatic carbocycles. The summed E-state index contributed by atoms with van der Waals surface area (Å²) in [6, 6.07) is 10.6. The van der Waals surface area contributed by atoms with Crippen LogP contribution in [0.25, 0.3) is 0 Å². The van der Waals surface area contributed by atoms with E-state index in [9.17, 15) is 0 Å². The number of rotatable bonds is 10. The Balaban J connectivity index is 1.85. The highest BCUT2D eigenvalue weighted by atomic mass is 16.5. The fourth-order valence-electron chi connectivity index (χ4n) is 1.68. The minimum atomic E-state index is 0.839. The van der Waals surface area contributed by atoms with Gasteiger partial charge in [-0.3, -0.25) is 0 Å². The molecule has 2 nitrogen and oxygen atoms in total. The van der Waals surface area contributed by atoms with Crippen LogP contribution in [0, 0.1) is 0 Å². The first-order valence-corrected chi connectivity index (χ1v) is 6.76. The predicted molar refractivity (Wildman–Crippen MR) is 73.4 cm³/mol. The van der Waals surface area contributed by atoms with Gasteiger partial charge in [-0.2, -0.15) is 0 Å². The molecule has 0 saturated heterocycles. The molecular weight excluding hydrogens is 210 g/mol. The normalized spacial score (nSPS) is 10.6. The molecule has 1 aromatic rings. The predicted octanol–water partition coefficient (Wildman–Crippen LogP) is 3.03. The Hall–Kier alpha value is -0.860. The monoisotopic (exact) mass is 235 g/mol. The van der Waals surface area contributed by atoms with Crippen molar-refractivity contribution in [3.8, 4) is 0 Å². The summed E-state index contributed by atoms with van der Waals surface area (Å²) in [5.74, 6) is 0. The van der Waals surface area contributed by atoms with Crippen LogP contribution in [0.15, 0.2) is 30.3 Å². The number of nitrogens with one attached hydrogen (secondary N) is 1. The van der Waals surface area contributed by atoms with Crippen LogP contribution in [0.4, 0.5) is 0 Å². The highest BCUT2D eigenvalue weighted by Crippen LogP contribution is 2.01. The van der Waals surface area contributed by atoms with Gasteiger partial charge in [-0.05, 0) is 31.4 Å². The van der Waals surface area contributed by atoms with Crippen LogP contribution >= 0.6 is 0 Å². The van der Waals surface area contributed by atoms with Crippen LogP contribution in [0.5, 0.6) is 0 Å². The molecule has 0 spiro atoms. The number of aryl methyl sites for hydroxylation is 1. The number of hydrogen-bond donors (Lipinski definition) is 1. The first kappa shape index (κ1) is 14.2. The minimum absolute atomic E-state index is 0.839. The summed E-state index contributed by atoms with van der Waals surface area (Å²) < 4.78 is 5.48. The molecular formula is C15H25NO. The van der Waals surface area contributed by atoms with Crippen molar-refractivity contribution in [3.63, 3.8) is 0 Å². The van der Waals surface area contributed by atoms with Gasteiger partial charge in [-0.1, -0.05) is 43.7 Å². The van der Waals surface area contributed by atoms with Crippen molar-refractivity contribution in [2.24, 2.45) is 0 Å². The molecule has 0 atom stereocenters. The van der Waals surface area contributed by atoms with E-state index < -0.39 is 0 Å². The lowest BCUT2D eigenvalue weighted by Crippen LogP contribution is -2.21. The lowest BCUT2D eigenvalue weighted by molar-refractivity contribution is 0.133. The summed E-state index contributed by atoms with van der Waals surface area (Å²) in [4.78, 5) is 0. The van der Waals surface area contributed by atoms with Gasteiger partial charge in [0.15, 0.2) is 0 Å². The van der Waals surface area contributed by atoms with Crippen molar-refractivity contribution in [1.29, 1.82) is 0 Å². The first-order chi connectivity index (χ1) is 8.43. The van der Waals surface area contributed by atoms with E-state index in [2.05, 4.69) is 42.6 Å². The van der Waals surface area contributed by atoms with E-state index in [0.717, 1.165) is 32.7 Å². The maximum atomic E-state index is 5.48. The van der Waals surface area contributed by atoms with Crippen molar-refractivity contribution in [2.45, 2.75) is 32.6 Å². The van der Waals surface area contributed by atoms with E-state index in [4.69, 9.17) is 4.74 Å². The van der Waals surface area contributed by atoms with Crippen molar-refractivity contribution in [3.05, 3.63) is 35.9 Å². The molecule has 0 aliphatic heterocycles. The molecule has 0 aliphatic rings. The average molecular weight is 235 g/mol. The Morgan fingerprint density at radius 3 is 2.59 bits per heavy atom. The van der Waals surface area contributed by atoms with Gasteiger partial charge in [0.25, 0.3) is 0 Å². The molecule has 1 rings (SSSR count). The number of unbranched alkanes of at least 4 members (excludes halogenated alkanes) is 1. The standard InChI is InChI=1S/C15H25NO/c1-2-3-13-17-14-12-16-11-7-10-15-8-5-4-6-9-15/h4-6,8-9,16H,2-3,7,10-14H2,1H3. The molecule has 1 N–H and O–H groups in total. The fraction of sp³-hybridized carbons (Fsp3) is 0.600. The summed E-state index contributed by atoms with van der Waals surface area (Å²) >= 11 is 0. The van der Waals surface area contributed by atoms with Crippen molar-refractivity contribution < 1.29 is 4.74 Å². The molecule has 0 fully saturated rings. The molecule has 0 aromatic heterocycles. The molecule has 96 valence electrons. The van der Waals surface area contributed by atoms with Gasteiger partial charge in [0, 0.05) is 13.2 Å². The second-order valence-corrected chi connectivity index (χ2v) is 4.31. The van der Waals surface area contributed by atoms with Crippen LogP contribution < -0.4 is 5.32 Å². The van der Waals surface area contributed by atoms with E-state index >= 15 is 0 Å². The van der Waals surface area contributed by atoms with Crippen molar-refractivity contribution >= 4 is 0 Å². The number of hydrogen-bond acceptors (Lipinski definition) is 2. The lowest BCUT2D eigenvalue weighted by Gasteiger charge is -2.05. The van der Waals surface area contributed by atoms with Crippen molar-refractivity contribution in [2.75, 3.05) is 26.3 Å². The zero-order valence-electron chi connectivity index (χ0n) is 11.0. The number of ether oxygens (including phenoxy) is 1. The van der Waals surface area contributed by atoms with Gasteiger partial charge in [-0.15, -0.1) is 0 Å². The molecule has 0 radical (unpaired) electrons. The molecule has 0 bridgehead atoms. The Kier molecular flexibility index (Phi) is 8.61. The third kappa shape index (κ3) is 7.94. The Labute approximate surface area is 105 Å². The van der Waals surface area contributed by atoms with E-state index in [0.29, 0.717) is 0 Å². The summed E-state index contributed by atoms with van der Waals surface area (Å²) in [7, 11) is 0. The number of benzene rings is 1. The Bertz CT molecular complexity index is 261. The highest BCUT2D eigenvalue weighted by Gasteiger charge is 1.92. The Morgan fingerprint density at radius 1 is 1.00 bits per heavy atom. The lowest BCUT2D eigenvalue weighted by atomic mass is 10.1. The largest absolute Gasteiger partial charge is 0.380 e. The van der Waals surface area contributed by atoms with E-state index in [-0.39, 0.29) is 0 Å². The van der Waals surface area contributed by atoms with Crippen molar-refractivity contribution in [1.82, 2.24) is 5.32 Å². The van der Waals surface area contributed by atoms with E-state index in [1.165, 1.54) is 24.8 Å². The third-order valence-corrected chi connectivity index (χ3v) is 2.73. The van der Waals surface area contributed by atoms with Crippen LogP contribution in [0.1, 0.15) is 31.7 Å². The summed E-state index contributed by atoms with van der Waals surface area (Å²) in [6.45, 7) is 5.98. The maximum absolute atomic E-state index is 5.48. The second kappa shape index (κ2) is 10.3. The molecule has 0 unspecified atom stereocenters. The first-order valence-electron chi connectivity index (χ1n) is 6.76. The van der Waals surface area contributed by atoms with Crippen LogP contribution in [0.2, 0.25) is 0 Å². The topological polar surface area (TPSA) is 21.3 Å². The summed E-state index contributed by atoms with van der Waals surface area (Å²) in [5, 5.41) is 3.41. The molecule has 0 heterocycles. The highest BCUT2D eigenvalue weighted by molar-refractivity contribution is 5.14. The molecule has 17 heavy (non-hydrogen) atoms. The molecule has 2 heteroatoms. The molecule has 0 saturated carbocycles. The van der Waals surface area contributed by atoms with Gasteiger partial charge >= 0.3 is 0 Å². The molecule has 0 amide bonds. The van der Waals surface area contributed by atoms with E-state index in [1.54, 1.807) is 0 Å². The zero-order chi connectivity index (χ0) is 12.2. The van der Waals surface area contributed by atoms with Crippen LogP contribution in [0.3, 0.4) is 0 Å². The molecule has 0 aliphatic carbocycles. The third-order valence-electron chi connectivity index (χ3n) is 2.73. The maximum Gasteiger partial charge on any atom is 0.0590 e. The fourth-order valence-corrected chi connectivity index (χ4v) is 1.68. The summed E-state index contributed by atoms with van der Waals surface area (Å²) in [6.07, 6.45) is 4.74. The average Bonchev–Trinajstić information content (AvgIpc) is 2.38.